The smallest absolute Gasteiger partial charge is 0.360 e. The Labute approximate surface area is 159 Å². The zero-order valence-electron chi connectivity index (χ0n) is 14.4. The molecule has 0 atom stereocenters. The van der Waals surface area contributed by atoms with E-state index in [9.17, 15) is 22.4 Å². The first-order chi connectivity index (χ1) is 12.6. The van der Waals surface area contributed by atoms with E-state index in [-0.39, 0.29) is 33.8 Å². The van der Waals surface area contributed by atoms with Crippen LogP contribution in [0.4, 0.5) is 21.7 Å². The lowest BCUT2D eigenvalue weighted by Crippen LogP contribution is -2.23. The molecule has 0 saturated carbocycles. The average molecular weight is 417 g/mol. The third-order valence-electron chi connectivity index (χ3n) is 3.39. The van der Waals surface area contributed by atoms with Gasteiger partial charge in [-0.25, -0.2) is 27.6 Å². The topological polar surface area (TPSA) is 119 Å². The molecule has 2 rings (SSSR count). The lowest BCUT2D eigenvalue weighted by Gasteiger charge is -2.20. The molecule has 0 aliphatic heterocycles. The average Bonchev–Trinajstić information content (AvgIpc) is 2.62. The number of nitrogens with zero attached hydrogens (tertiary/aromatic N) is 3. The highest BCUT2D eigenvalue weighted by Crippen LogP contribution is 2.31. The fraction of sp³-hybridized carbons (Fsp3) is 0.200. The molecule has 0 spiro atoms. The number of esters is 1. The molecule has 0 saturated heterocycles. The summed E-state index contributed by atoms with van der Waals surface area (Å²) in [6, 6.07) is 2.93. The van der Waals surface area contributed by atoms with Gasteiger partial charge in [0.2, 0.25) is 6.41 Å². The summed E-state index contributed by atoms with van der Waals surface area (Å²) < 4.78 is 42.2. The predicted molar refractivity (Wildman–Crippen MR) is 95.6 cm³/mol. The normalized spacial score (nSPS) is 11.0. The van der Waals surface area contributed by atoms with Gasteiger partial charge in [-0.05, 0) is 18.2 Å². The van der Waals surface area contributed by atoms with Gasteiger partial charge in [-0.1, -0.05) is 11.6 Å². The van der Waals surface area contributed by atoms with Crippen molar-refractivity contribution < 1.29 is 27.1 Å². The van der Waals surface area contributed by atoms with Gasteiger partial charge >= 0.3 is 5.97 Å². The minimum absolute atomic E-state index is 0.0272. The second-order valence-corrected chi connectivity index (χ2v) is 7.51. The summed E-state index contributed by atoms with van der Waals surface area (Å²) in [5, 5.41) is 2.45. The molecule has 0 fully saturated rings. The number of halogens is 2. The van der Waals surface area contributed by atoms with Crippen molar-refractivity contribution >= 4 is 51.1 Å². The van der Waals surface area contributed by atoms with Gasteiger partial charge in [-0.3, -0.25) is 9.69 Å². The highest BCUT2D eigenvalue weighted by molar-refractivity contribution is 7.90. The highest BCUT2D eigenvalue weighted by Gasteiger charge is 2.26. The molecule has 12 heteroatoms. The van der Waals surface area contributed by atoms with Crippen molar-refractivity contribution in [3.63, 3.8) is 0 Å². The highest BCUT2D eigenvalue weighted by atomic mass is 35.5. The molecular formula is C15H14ClFN4O5S. The maximum atomic E-state index is 14.5. The van der Waals surface area contributed by atoms with Crippen molar-refractivity contribution in [2.24, 2.45) is 0 Å². The quantitative estimate of drug-likeness (QED) is 0.559. The Morgan fingerprint density at radius 3 is 2.52 bits per heavy atom. The zero-order valence-corrected chi connectivity index (χ0v) is 15.9. The van der Waals surface area contributed by atoms with Crippen LogP contribution in [-0.2, 0) is 19.4 Å². The molecule has 0 radical (unpaired) electrons. The number of ether oxygens (including phenoxy) is 1. The lowest BCUT2D eigenvalue weighted by atomic mass is 10.2. The summed E-state index contributed by atoms with van der Waals surface area (Å²) in [6.07, 6.45) is 1.11. The molecule has 0 bridgehead atoms. The molecule has 1 N–H and O–H groups in total. The fourth-order valence-corrected chi connectivity index (χ4v) is 2.96. The number of hydrogen-bond donors (Lipinski definition) is 1. The third-order valence-corrected chi connectivity index (χ3v) is 4.76. The first kappa shape index (κ1) is 20.5. The first-order valence-corrected chi connectivity index (χ1v) is 9.48. The third kappa shape index (κ3) is 4.14. The van der Waals surface area contributed by atoms with E-state index in [1.54, 1.807) is 0 Å². The summed E-state index contributed by atoms with van der Waals surface area (Å²) in [4.78, 5) is 31.9. The lowest BCUT2D eigenvalue weighted by molar-refractivity contribution is -0.106. The summed E-state index contributed by atoms with van der Waals surface area (Å²) >= 11 is 5.91. The van der Waals surface area contributed by atoms with Crippen molar-refractivity contribution in [1.29, 1.82) is 0 Å². The molecule has 144 valence electrons. The maximum absolute atomic E-state index is 14.5. The van der Waals surface area contributed by atoms with Crippen LogP contribution in [0.2, 0.25) is 5.15 Å². The Bertz CT molecular complexity index is 1020. The van der Waals surface area contributed by atoms with E-state index in [2.05, 4.69) is 20.0 Å². The van der Waals surface area contributed by atoms with Crippen molar-refractivity contribution in [1.82, 2.24) is 9.97 Å². The Morgan fingerprint density at radius 2 is 2.04 bits per heavy atom. The summed E-state index contributed by atoms with van der Waals surface area (Å²) in [5.74, 6) is -2.30. The number of carbonyl (C=O) groups excluding carboxylic acids is 2. The molecule has 1 aromatic carbocycles. The predicted octanol–water partition coefficient (Wildman–Crippen LogP) is 1.80. The minimum Gasteiger partial charge on any atom is -0.464 e. The van der Waals surface area contributed by atoms with Gasteiger partial charge in [0.15, 0.2) is 32.3 Å². The van der Waals surface area contributed by atoms with Gasteiger partial charge in [-0.15, -0.1) is 0 Å². The second-order valence-electron chi connectivity index (χ2n) is 5.14. The summed E-state index contributed by atoms with van der Waals surface area (Å²) in [6.45, 7) is 0. The number of anilines is 3. The number of rotatable bonds is 6. The van der Waals surface area contributed by atoms with Crippen LogP contribution in [0.25, 0.3) is 0 Å². The Hall–Kier alpha value is -2.79. The Kier molecular flexibility index (Phi) is 5.96. The van der Waals surface area contributed by atoms with Crippen LogP contribution in [0.15, 0.2) is 23.1 Å². The van der Waals surface area contributed by atoms with Crippen LogP contribution in [0.3, 0.4) is 0 Å². The van der Waals surface area contributed by atoms with Crippen LogP contribution >= 0.6 is 11.6 Å². The van der Waals surface area contributed by atoms with E-state index >= 15 is 0 Å². The SMILES string of the molecule is CNc1nc(N(C=O)c2ccc(S(C)(=O)=O)cc2F)c(C(=O)OC)nc1Cl. The van der Waals surface area contributed by atoms with Gasteiger partial charge in [0.05, 0.1) is 17.7 Å². The van der Waals surface area contributed by atoms with E-state index in [4.69, 9.17) is 11.6 Å². The number of hydrogen-bond acceptors (Lipinski definition) is 8. The van der Waals surface area contributed by atoms with E-state index in [1.165, 1.54) is 7.05 Å². The van der Waals surface area contributed by atoms with Gasteiger partial charge in [0, 0.05) is 13.3 Å². The van der Waals surface area contributed by atoms with Crippen molar-refractivity contribution in [2.75, 3.05) is 30.6 Å². The monoisotopic (exact) mass is 416 g/mol. The molecule has 1 amide bonds. The molecular weight excluding hydrogens is 403 g/mol. The molecule has 2 aromatic rings. The number of amides is 1. The molecule has 0 aliphatic carbocycles. The maximum Gasteiger partial charge on any atom is 0.360 e. The van der Waals surface area contributed by atoms with Crippen LogP contribution in [-0.4, -0.2) is 51.2 Å². The first-order valence-electron chi connectivity index (χ1n) is 7.21. The molecule has 0 unspecified atom stereocenters. The van der Waals surface area contributed by atoms with Crippen LogP contribution in [0, 0.1) is 5.82 Å². The number of benzene rings is 1. The standard InChI is InChI=1S/C15H14ClFN4O5S/c1-18-13-12(16)19-11(15(23)26-2)14(20-13)21(7-22)10-5-4-8(6-9(10)17)27(3,24)25/h4-7H,1-3H3,(H,18,20). The van der Waals surface area contributed by atoms with E-state index in [1.807, 2.05) is 0 Å². The van der Waals surface area contributed by atoms with Gasteiger partial charge in [0.25, 0.3) is 0 Å². The number of methoxy groups -OCH3 is 1. The second kappa shape index (κ2) is 7.84. The number of carbonyl (C=O) groups is 2. The largest absolute Gasteiger partial charge is 0.464 e. The van der Waals surface area contributed by atoms with Crippen molar-refractivity contribution in [3.05, 3.63) is 34.9 Å². The summed E-state index contributed by atoms with van der Waals surface area (Å²) in [5.41, 5.74) is -0.776. The van der Waals surface area contributed by atoms with Gasteiger partial charge < -0.3 is 10.1 Å². The number of sulfone groups is 1. The van der Waals surface area contributed by atoms with Crippen LogP contribution in [0.1, 0.15) is 10.5 Å². The zero-order chi connectivity index (χ0) is 20.4. The molecule has 1 aromatic heterocycles. The minimum atomic E-state index is -3.66. The summed E-state index contributed by atoms with van der Waals surface area (Å²) in [7, 11) is -1.10. The van der Waals surface area contributed by atoms with Gasteiger partial charge in [0.1, 0.15) is 5.82 Å². The van der Waals surface area contributed by atoms with Crippen LogP contribution in [0.5, 0.6) is 0 Å². The molecule has 1 heterocycles. The van der Waals surface area contributed by atoms with E-state index < -0.39 is 27.3 Å². The Morgan fingerprint density at radius 1 is 1.37 bits per heavy atom. The molecule has 0 aliphatic rings. The molecule has 27 heavy (non-hydrogen) atoms. The van der Waals surface area contributed by atoms with E-state index in [0.717, 1.165) is 31.6 Å². The van der Waals surface area contributed by atoms with E-state index in [0.29, 0.717) is 4.90 Å². The number of aromatic nitrogens is 2. The molecule has 9 nitrogen and oxygen atoms in total. The van der Waals surface area contributed by atoms with Crippen LogP contribution < -0.4 is 10.2 Å². The fourth-order valence-electron chi connectivity index (χ4n) is 2.10. The van der Waals surface area contributed by atoms with Crippen molar-refractivity contribution in [3.8, 4) is 0 Å². The van der Waals surface area contributed by atoms with Crippen molar-refractivity contribution in [2.45, 2.75) is 4.90 Å². The number of nitrogens with one attached hydrogen (secondary N) is 1. The van der Waals surface area contributed by atoms with Gasteiger partial charge in [-0.2, -0.15) is 0 Å². The Balaban J connectivity index is 2.71.